The summed E-state index contributed by atoms with van der Waals surface area (Å²) in [5.41, 5.74) is 2.00. The summed E-state index contributed by atoms with van der Waals surface area (Å²) in [4.78, 5) is 41.2. The van der Waals surface area contributed by atoms with Gasteiger partial charge in [-0.1, -0.05) is 17.7 Å². The smallest absolute Gasteiger partial charge is 0.333 e. The van der Waals surface area contributed by atoms with E-state index in [9.17, 15) is 18.8 Å². The molecule has 0 aliphatic rings. The standard InChI is InChI=1S/C22H19FN4O3/c1-12-4-9-17(13(2)10-12)24-20(28)16-11-26(3)19-18(16)25-22(30)27(21(19)29)15-7-5-14(23)6-8-15/h4-11H,1-3H3,(H,24,28)(H,25,30). The summed E-state index contributed by atoms with van der Waals surface area (Å²) >= 11 is 0. The van der Waals surface area contributed by atoms with E-state index in [-0.39, 0.29) is 22.3 Å². The molecule has 0 atom stereocenters. The number of carbonyl (C=O) groups excluding carboxylic acids is 1. The molecule has 0 aliphatic heterocycles. The lowest BCUT2D eigenvalue weighted by atomic mass is 10.1. The minimum Gasteiger partial charge on any atom is -0.344 e. The molecule has 8 heteroatoms. The van der Waals surface area contributed by atoms with Crippen LogP contribution in [-0.2, 0) is 7.05 Å². The summed E-state index contributed by atoms with van der Waals surface area (Å²) in [5.74, 6) is -0.921. The third kappa shape index (κ3) is 3.22. The third-order valence-electron chi connectivity index (χ3n) is 4.98. The molecular formula is C22H19FN4O3. The molecule has 4 rings (SSSR count). The Morgan fingerprint density at radius 3 is 2.43 bits per heavy atom. The molecular weight excluding hydrogens is 387 g/mol. The Bertz CT molecular complexity index is 1410. The van der Waals surface area contributed by atoms with Crippen LogP contribution >= 0.6 is 0 Å². The van der Waals surface area contributed by atoms with Crippen molar-refractivity contribution in [2.75, 3.05) is 5.32 Å². The van der Waals surface area contributed by atoms with Gasteiger partial charge in [0.25, 0.3) is 11.5 Å². The van der Waals surface area contributed by atoms with Crippen LogP contribution in [0.1, 0.15) is 21.5 Å². The fourth-order valence-electron chi connectivity index (χ4n) is 3.51. The van der Waals surface area contributed by atoms with Gasteiger partial charge in [-0.05, 0) is 49.7 Å². The molecule has 0 aliphatic carbocycles. The maximum absolute atomic E-state index is 13.2. The first-order chi connectivity index (χ1) is 14.3. The van der Waals surface area contributed by atoms with Gasteiger partial charge in [0.15, 0.2) is 0 Å². The van der Waals surface area contributed by atoms with Crippen LogP contribution in [0.4, 0.5) is 10.1 Å². The molecule has 0 radical (unpaired) electrons. The zero-order valence-electron chi connectivity index (χ0n) is 16.6. The van der Waals surface area contributed by atoms with E-state index in [1.807, 2.05) is 26.0 Å². The molecule has 152 valence electrons. The number of hydrogen-bond acceptors (Lipinski definition) is 3. The Kier molecular flexibility index (Phi) is 4.62. The summed E-state index contributed by atoms with van der Waals surface area (Å²) in [6, 6.07) is 10.6. The maximum Gasteiger partial charge on any atom is 0.333 e. The van der Waals surface area contributed by atoms with Crippen LogP contribution in [0.5, 0.6) is 0 Å². The van der Waals surface area contributed by atoms with Gasteiger partial charge >= 0.3 is 5.69 Å². The van der Waals surface area contributed by atoms with Crippen LogP contribution < -0.4 is 16.6 Å². The zero-order valence-corrected chi connectivity index (χ0v) is 16.6. The highest BCUT2D eigenvalue weighted by Crippen LogP contribution is 2.20. The minimum atomic E-state index is -0.717. The average Bonchev–Trinajstić information content (AvgIpc) is 3.02. The van der Waals surface area contributed by atoms with Gasteiger partial charge < -0.3 is 14.9 Å². The van der Waals surface area contributed by atoms with Gasteiger partial charge in [-0.2, -0.15) is 0 Å². The molecule has 0 saturated heterocycles. The lowest BCUT2D eigenvalue weighted by molar-refractivity contribution is 0.102. The van der Waals surface area contributed by atoms with Crippen molar-refractivity contribution < 1.29 is 9.18 Å². The fraction of sp³-hybridized carbons (Fsp3) is 0.136. The Morgan fingerprint density at radius 1 is 1.07 bits per heavy atom. The number of aromatic nitrogens is 3. The summed E-state index contributed by atoms with van der Waals surface area (Å²) in [7, 11) is 1.62. The second-order valence-corrected chi connectivity index (χ2v) is 7.20. The van der Waals surface area contributed by atoms with Crippen molar-refractivity contribution in [1.29, 1.82) is 0 Å². The quantitative estimate of drug-likeness (QED) is 0.548. The van der Waals surface area contributed by atoms with Crippen molar-refractivity contribution in [3.05, 3.63) is 92.0 Å². The predicted molar refractivity (Wildman–Crippen MR) is 113 cm³/mol. The van der Waals surface area contributed by atoms with E-state index >= 15 is 0 Å². The van der Waals surface area contributed by atoms with Gasteiger partial charge in [-0.3, -0.25) is 9.59 Å². The van der Waals surface area contributed by atoms with Crippen LogP contribution in [0.15, 0.2) is 58.3 Å². The highest BCUT2D eigenvalue weighted by Gasteiger charge is 2.20. The van der Waals surface area contributed by atoms with Gasteiger partial charge in [0, 0.05) is 18.9 Å². The summed E-state index contributed by atoms with van der Waals surface area (Å²) in [5, 5.41) is 2.83. The summed E-state index contributed by atoms with van der Waals surface area (Å²) in [6.07, 6.45) is 1.50. The zero-order chi connectivity index (χ0) is 21.6. The number of aryl methyl sites for hydroxylation is 3. The number of benzene rings is 2. The van der Waals surface area contributed by atoms with Gasteiger partial charge in [0.1, 0.15) is 11.3 Å². The molecule has 7 nitrogen and oxygen atoms in total. The van der Waals surface area contributed by atoms with Gasteiger partial charge in [-0.25, -0.2) is 13.8 Å². The largest absolute Gasteiger partial charge is 0.344 e. The highest BCUT2D eigenvalue weighted by atomic mass is 19.1. The van der Waals surface area contributed by atoms with Crippen LogP contribution in [-0.4, -0.2) is 20.0 Å². The molecule has 0 fully saturated rings. The number of fused-ring (bicyclic) bond motifs is 1. The molecule has 4 aromatic rings. The molecule has 2 N–H and O–H groups in total. The molecule has 2 heterocycles. The van der Waals surface area contributed by atoms with E-state index < -0.39 is 23.0 Å². The number of H-pyrrole nitrogens is 1. The number of hydrogen-bond donors (Lipinski definition) is 2. The number of amides is 1. The molecule has 30 heavy (non-hydrogen) atoms. The number of carbonyl (C=O) groups is 1. The van der Waals surface area contributed by atoms with Crippen molar-refractivity contribution in [2.24, 2.45) is 7.05 Å². The monoisotopic (exact) mass is 406 g/mol. The van der Waals surface area contributed by atoms with Crippen LogP contribution in [0.3, 0.4) is 0 Å². The number of halogens is 1. The van der Waals surface area contributed by atoms with E-state index in [0.29, 0.717) is 5.69 Å². The lowest BCUT2D eigenvalue weighted by Crippen LogP contribution is -2.34. The molecule has 0 spiro atoms. The number of anilines is 1. The first-order valence-corrected chi connectivity index (χ1v) is 9.25. The van der Waals surface area contributed by atoms with Crippen molar-refractivity contribution in [3.8, 4) is 5.69 Å². The molecule has 0 saturated carbocycles. The Hall–Kier alpha value is -3.94. The molecule has 2 aromatic heterocycles. The van der Waals surface area contributed by atoms with Crippen molar-refractivity contribution in [3.63, 3.8) is 0 Å². The van der Waals surface area contributed by atoms with Gasteiger partial charge in [0.2, 0.25) is 0 Å². The van der Waals surface area contributed by atoms with Gasteiger partial charge in [-0.15, -0.1) is 0 Å². The third-order valence-corrected chi connectivity index (χ3v) is 4.98. The Balaban J connectivity index is 1.83. The summed E-state index contributed by atoms with van der Waals surface area (Å²) in [6.45, 7) is 3.84. The highest BCUT2D eigenvalue weighted by molar-refractivity contribution is 6.12. The van der Waals surface area contributed by atoms with Gasteiger partial charge in [0.05, 0.1) is 16.8 Å². The number of rotatable bonds is 3. The number of nitrogens with zero attached hydrogens (tertiary/aromatic N) is 2. The van der Waals surface area contributed by atoms with Crippen molar-refractivity contribution in [2.45, 2.75) is 13.8 Å². The van der Waals surface area contributed by atoms with Crippen LogP contribution in [0.2, 0.25) is 0 Å². The molecule has 1 amide bonds. The van der Waals surface area contributed by atoms with E-state index in [1.54, 1.807) is 13.1 Å². The fourth-order valence-corrected chi connectivity index (χ4v) is 3.51. The lowest BCUT2D eigenvalue weighted by Gasteiger charge is -2.09. The number of nitrogens with one attached hydrogen (secondary N) is 2. The van der Waals surface area contributed by atoms with Crippen molar-refractivity contribution in [1.82, 2.24) is 14.1 Å². The van der Waals surface area contributed by atoms with Crippen molar-refractivity contribution >= 4 is 22.6 Å². The van der Waals surface area contributed by atoms with Crippen LogP contribution in [0, 0.1) is 19.7 Å². The average molecular weight is 406 g/mol. The Morgan fingerprint density at radius 2 is 1.77 bits per heavy atom. The maximum atomic E-state index is 13.2. The molecule has 0 unspecified atom stereocenters. The Labute approximate surface area is 170 Å². The van der Waals surface area contributed by atoms with E-state index in [4.69, 9.17) is 0 Å². The molecule has 2 aromatic carbocycles. The van der Waals surface area contributed by atoms with E-state index in [2.05, 4.69) is 10.3 Å². The topological polar surface area (TPSA) is 88.9 Å². The predicted octanol–water partition coefficient (Wildman–Crippen LogP) is 3.03. The molecule has 0 bridgehead atoms. The minimum absolute atomic E-state index is 0.146. The van der Waals surface area contributed by atoms with E-state index in [0.717, 1.165) is 15.7 Å². The van der Waals surface area contributed by atoms with Crippen LogP contribution in [0.25, 0.3) is 16.7 Å². The first-order valence-electron chi connectivity index (χ1n) is 9.25. The SMILES string of the molecule is Cc1ccc(NC(=O)c2cn(C)c3c(=O)n(-c4ccc(F)cc4)c(=O)[nH]c23)c(C)c1. The second-order valence-electron chi connectivity index (χ2n) is 7.20. The summed E-state index contributed by atoms with van der Waals surface area (Å²) < 4.78 is 15.6. The van der Waals surface area contributed by atoms with E-state index in [1.165, 1.54) is 35.0 Å². The second kappa shape index (κ2) is 7.14. The first kappa shape index (κ1) is 19.4. The number of aromatic amines is 1. The normalized spacial score (nSPS) is 11.1.